The van der Waals surface area contributed by atoms with E-state index in [1.807, 2.05) is 12.1 Å². The second-order valence-electron chi connectivity index (χ2n) is 4.46. The van der Waals surface area contributed by atoms with E-state index in [0.717, 1.165) is 18.2 Å². The van der Waals surface area contributed by atoms with Crippen molar-refractivity contribution in [2.75, 3.05) is 0 Å². The predicted octanol–water partition coefficient (Wildman–Crippen LogP) is 2.82. The van der Waals surface area contributed by atoms with Crippen molar-refractivity contribution >= 4 is 0 Å². The first-order valence-electron chi connectivity index (χ1n) is 6.05. The first-order valence-corrected chi connectivity index (χ1v) is 6.05. The topological polar surface area (TPSA) is 49.0 Å². The van der Waals surface area contributed by atoms with Crippen molar-refractivity contribution in [3.63, 3.8) is 0 Å². The molecule has 1 heterocycles. The van der Waals surface area contributed by atoms with E-state index in [0.29, 0.717) is 11.8 Å². The number of rotatable bonds is 4. The summed E-state index contributed by atoms with van der Waals surface area (Å²) in [6.45, 7) is 2.99. The lowest BCUT2D eigenvalue weighted by Crippen LogP contribution is -2.31. The summed E-state index contributed by atoms with van der Waals surface area (Å²) in [5.41, 5.74) is 0. The fourth-order valence-corrected chi connectivity index (χ4v) is 2.56. The molecule has 0 radical (unpaired) electrons. The fourth-order valence-electron chi connectivity index (χ4n) is 2.56. The molecule has 86 valence electrons. The van der Waals surface area contributed by atoms with Crippen molar-refractivity contribution in [2.45, 2.75) is 45.2 Å². The van der Waals surface area contributed by atoms with Gasteiger partial charge in [0.05, 0.1) is 6.54 Å². The third-order valence-electron chi connectivity index (χ3n) is 3.49. The molecule has 2 rings (SSSR count). The van der Waals surface area contributed by atoms with Gasteiger partial charge >= 0.3 is 0 Å². The van der Waals surface area contributed by atoms with Crippen molar-refractivity contribution < 1.29 is 4.42 Å². The van der Waals surface area contributed by atoms with Crippen LogP contribution in [-0.4, -0.2) is 6.04 Å². The minimum atomic E-state index is 0.398. The zero-order valence-corrected chi connectivity index (χ0v) is 9.70. The van der Waals surface area contributed by atoms with E-state index in [2.05, 4.69) is 12.2 Å². The Morgan fingerprint density at radius 2 is 2.38 bits per heavy atom. The van der Waals surface area contributed by atoms with Crippen LogP contribution in [0.3, 0.4) is 0 Å². The van der Waals surface area contributed by atoms with Crippen LogP contribution in [0, 0.1) is 17.2 Å². The summed E-state index contributed by atoms with van der Waals surface area (Å²) in [6, 6.07) is 6.23. The van der Waals surface area contributed by atoms with Gasteiger partial charge in [-0.2, -0.15) is 5.26 Å². The van der Waals surface area contributed by atoms with Gasteiger partial charge in [0, 0.05) is 6.04 Å². The van der Waals surface area contributed by atoms with Crippen LogP contribution in [0.5, 0.6) is 0 Å². The molecule has 0 spiro atoms. The van der Waals surface area contributed by atoms with Crippen molar-refractivity contribution in [2.24, 2.45) is 5.92 Å². The quantitative estimate of drug-likeness (QED) is 0.845. The van der Waals surface area contributed by atoms with Crippen LogP contribution in [0.25, 0.3) is 0 Å². The van der Waals surface area contributed by atoms with Gasteiger partial charge in [-0.15, -0.1) is 0 Å². The minimum Gasteiger partial charge on any atom is -0.449 e. The van der Waals surface area contributed by atoms with Crippen LogP contribution >= 0.6 is 0 Å². The van der Waals surface area contributed by atoms with E-state index in [9.17, 15) is 0 Å². The average Bonchev–Trinajstić information content (AvgIpc) is 2.94. The number of hydrogen-bond donors (Lipinski definition) is 1. The first-order chi connectivity index (χ1) is 7.83. The first kappa shape index (κ1) is 11.2. The number of nitrogens with zero attached hydrogens (tertiary/aromatic N) is 1. The smallest absolute Gasteiger partial charge is 0.203 e. The Hall–Kier alpha value is -1.27. The Labute approximate surface area is 96.4 Å². The summed E-state index contributed by atoms with van der Waals surface area (Å²) in [5, 5.41) is 12.2. The molecule has 0 amide bonds. The van der Waals surface area contributed by atoms with E-state index < -0.39 is 0 Å². The molecular weight excluding hydrogens is 200 g/mol. The van der Waals surface area contributed by atoms with Crippen LogP contribution in [0.15, 0.2) is 16.5 Å². The maximum absolute atomic E-state index is 8.65. The summed E-state index contributed by atoms with van der Waals surface area (Å²) >= 11 is 0. The molecule has 0 aliphatic heterocycles. The van der Waals surface area contributed by atoms with Crippen molar-refractivity contribution in [1.82, 2.24) is 5.32 Å². The van der Waals surface area contributed by atoms with Gasteiger partial charge in [-0.3, -0.25) is 0 Å². The number of furan rings is 1. The fraction of sp³-hybridized carbons (Fsp3) is 0.615. The molecule has 3 nitrogen and oxygen atoms in total. The largest absolute Gasteiger partial charge is 0.449 e. The van der Waals surface area contributed by atoms with Gasteiger partial charge in [0.2, 0.25) is 5.76 Å². The highest BCUT2D eigenvalue weighted by molar-refractivity contribution is 5.19. The Kier molecular flexibility index (Phi) is 3.63. The maximum atomic E-state index is 8.65. The van der Waals surface area contributed by atoms with Gasteiger partial charge in [-0.05, 0) is 30.9 Å². The number of nitrogens with one attached hydrogen (secondary N) is 1. The molecule has 1 aliphatic rings. The lowest BCUT2D eigenvalue weighted by molar-refractivity contribution is 0.368. The third kappa shape index (κ3) is 2.45. The van der Waals surface area contributed by atoms with Crippen LogP contribution in [0.2, 0.25) is 0 Å². The normalized spacial score (nSPS) is 24.5. The molecule has 16 heavy (non-hydrogen) atoms. The third-order valence-corrected chi connectivity index (χ3v) is 3.49. The van der Waals surface area contributed by atoms with E-state index in [4.69, 9.17) is 9.68 Å². The molecule has 1 aromatic heterocycles. The zero-order chi connectivity index (χ0) is 11.4. The predicted molar refractivity (Wildman–Crippen MR) is 61.7 cm³/mol. The Balaban J connectivity index is 1.85. The van der Waals surface area contributed by atoms with Crippen LogP contribution in [-0.2, 0) is 6.54 Å². The Morgan fingerprint density at radius 3 is 3.06 bits per heavy atom. The molecule has 0 aromatic carbocycles. The van der Waals surface area contributed by atoms with Crippen LogP contribution in [0.1, 0.15) is 44.1 Å². The Morgan fingerprint density at radius 1 is 1.50 bits per heavy atom. The highest BCUT2D eigenvalue weighted by atomic mass is 16.3. The van der Waals surface area contributed by atoms with Gasteiger partial charge in [0.25, 0.3) is 0 Å². The number of nitriles is 1. The molecular formula is C13H18N2O. The van der Waals surface area contributed by atoms with Crippen molar-refractivity contribution in [3.8, 4) is 6.07 Å². The molecule has 1 aromatic rings. The van der Waals surface area contributed by atoms with E-state index in [1.54, 1.807) is 6.07 Å². The molecule has 3 heteroatoms. The highest BCUT2D eigenvalue weighted by Gasteiger charge is 2.25. The lowest BCUT2D eigenvalue weighted by atomic mass is 10.0. The van der Waals surface area contributed by atoms with E-state index in [1.165, 1.54) is 25.7 Å². The monoisotopic (exact) mass is 218 g/mol. The van der Waals surface area contributed by atoms with Crippen LogP contribution < -0.4 is 5.32 Å². The minimum absolute atomic E-state index is 0.398. The van der Waals surface area contributed by atoms with Gasteiger partial charge in [-0.1, -0.05) is 19.8 Å². The van der Waals surface area contributed by atoms with Gasteiger partial charge in [0.15, 0.2) is 0 Å². The van der Waals surface area contributed by atoms with Crippen molar-refractivity contribution in [3.05, 3.63) is 23.7 Å². The summed E-state index contributed by atoms with van der Waals surface area (Å²) in [5.74, 6) is 2.07. The van der Waals surface area contributed by atoms with Crippen LogP contribution in [0.4, 0.5) is 0 Å². The van der Waals surface area contributed by atoms with Crippen molar-refractivity contribution in [1.29, 1.82) is 5.26 Å². The second kappa shape index (κ2) is 5.18. The summed E-state index contributed by atoms with van der Waals surface area (Å²) in [7, 11) is 0. The summed E-state index contributed by atoms with van der Waals surface area (Å²) in [4.78, 5) is 0. The summed E-state index contributed by atoms with van der Waals surface area (Å²) in [6.07, 6.45) is 5.19. The standard InChI is InChI=1S/C13H18N2O/c1-2-10-4-3-5-13(10)15-9-12-7-6-11(8-14)16-12/h6-7,10,13,15H,2-5,9H2,1H3. The SMILES string of the molecule is CCC1CCCC1NCc1ccc(C#N)o1. The maximum Gasteiger partial charge on any atom is 0.203 e. The van der Waals surface area contributed by atoms with Gasteiger partial charge < -0.3 is 9.73 Å². The molecule has 1 fully saturated rings. The van der Waals surface area contributed by atoms with Gasteiger partial charge in [0.1, 0.15) is 11.8 Å². The molecule has 1 saturated carbocycles. The molecule has 2 atom stereocenters. The Bertz CT molecular complexity index is 378. The molecule has 0 saturated heterocycles. The number of hydrogen-bond acceptors (Lipinski definition) is 3. The van der Waals surface area contributed by atoms with E-state index in [-0.39, 0.29) is 0 Å². The van der Waals surface area contributed by atoms with E-state index >= 15 is 0 Å². The zero-order valence-electron chi connectivity index (χ0n) is 9.70. The molecule has 1 N–H and O–H groups in total. The lowest BCUT2D eigenvalue weighted by Gasteiger charge is -2.18. The highest BCUT2D eigenvalue weighted by Crippen LogP contribution is 2.28. The molecule has 1 aliphatic carbocycles. The molecule has 2 unspecified atom stereocenters. The van der Waals surface area contributed by atoms with Gasteiger partial charge in [-0.25, -0.2) is 0 Å². The molecule has 0 bridgehead atoms. The second-order valence-corrected chi connectivity index (χ2v) is 4.46. The summed E-state index contributed by atoms with van der Waals surface area (Å²) < 4.78 is 5.34. The average molecular weight is 218 g/mol.